The zero-order chi connectivity index (χ0) is 14.0. The van der Waals surface area contributed by atoms with Gasteiger partial charge in [0.15, 0.2) is 0 Å². The van der Waals surface area contributed by atoms with Crippen molar-refractivity contribution in [1.82, 2.24) is 4.90 Å². The van der Waals surface area contributed by atoms with Crippen LogP contribution in [0.5, 0.6) is 0 Å². The molecule has 1 aromatic rings. The first-order valence-corrected chi connectivity index (χ1v) is 6.06. The van der Waals surface area contributed by atoms with Crippen LogP contribution in [0.15, 0.2) is 24.3 Å². The van der Waals surface area contributed by atoms with E-state index in [1.54, 1.807) is 4.90 Å². The molecule has 3 nitrogen and oxygen atoms in total. The van der Waals surface area contributed by atoms with E-state index in [0.717, 1.165) is 18.6 Å². The van der Waals surface area contributed by atoms with Crippen molar-refractivity contribution in [3.63, 3.8) is 0 Å². The second-order valence-electron chi connectivity index (χ2n) is 4.76. The molecule has 2 N–H and O–H groups in total. The summed E-state index contributed by atoms with van der Waals surface area (Å²) in [7, 11) is 0. The predicted octanol–water partition coefficient (Wildman–Crippen LogP) is 1.81. The van der Waals surface area contributed by atoms with Crippen molar-refractivity contribution in [3.8, 4) is 0 Å². The van der Waals surface area contributed by atoms with Gasteiger partial charge >= 0.3 is 6.18 Å². The highest BCUT2D eigenvalue weighted by molar-refractivity contribution is 5.79. The molecule has 104 valence electrons. The van der Waals surface area contributed by atoms with Gasteiger partial charge in [-0.15, -0.1) is 0 Å². The van der Waals surface area contributed by atoms with Gasteiger partial charge in [0.05, 0.1) is 12.0 Å². The smallest absolute Gasteiger partial charge is 0.341 e. The molecule has 0 aliphatic carbocycles. The van der Waals surface area contributed by atoms with Gasteiger partial charge in [0.2, 0.25) is 5.91 Å². The standard InChI is InChI=1S/C13H15F3N2O/c14-13(15,16)10-3-1-2-9(6-10)7-12(19)18-5-4-11(17)8-18/h1-3,6,11H,4-5,7-8,17H2/t11-/m0/s1. The molecule has 1 amide bonds. The predicted molar refractivity (Wildman–Crippen MR) is 64.3 cm³/mol. The molecule has 1 heterocycles. The molecule has 0 saturated carbocycles. The van der Waals surface area contributed by atoms with E-state index in [4.69, 9.17) is 5.73 Å². The highest BCUT2D eigenvalue weighted by Crippen LogP contribution is 2.29. The first-order chi connectivity index (χ1) is 8.86. The maximum absolute atomic E-state index is 12.5. The second-order valence-corrected chi connectivity index (χ2v) is 4.76. The maximum Gasteiger partial charge on any atom is 0.416 e. The quantitative estimate of drug-likeness (QED) is 0.892. The van der Waals surface area contributed by atoms with E-state index in [-0.39, 0.29) is 18.4 Å². The molecule has 0 spiro atoms. The monoisotopic (exact) mass is 272 g/mol. The summed E-state index contributed by atoms with van der Waals surface area (Å²) in [5.41, 5.74) is 5.34. The summed E-state index contributed by atoms with van der Waals surface area (Å²) < 4.78 is 37.6. The molecule has 1 fully saturated rings. The average Bonchev–Trinajstić information content (AvgIpc) is 2.75. The Labute approximate surface area is 109 Å². The van der Waals surface area contributed by atoms with Crippen LogP contribution < -0.4 is 5.73 Å². The lowest BCUT2D eigenvalue weighted by molar-refractivity contribution is -0.137. The molecule has 1 aliphatic rings. The average molecular weight is 272 g/mol. The fourth-order valence-corrected chi connectivity index (χ4v) is 2.16. The van der Waals surface area contributed by atoms with E-state index in [9.17, 15) is 18.0 Å². The van der Waals surface area contributed by atoms with Crippen LogP contribution in [0, 0.1) is 0 Å². The highest BCUT2D eigenvalue weighted by atomic mass is 19.4. The molecular weight excluding hydrogens is 257 g/mol. The summed E-state index contributed by atoms with van der Waals surface area (Å²) in [5.74, 6) is -0.174. The van der Waals surface area contributed by atoms with Gasteiger partial charge in [-0.2, -0.15) is 13.2 Å². The molecule has 0 unspecified atom stereocenters. The summed E-state index contributed by atoms with van der Waals surface area (Å²) in [6.45, 7) is 1.07. The van der Waals surface area contributed by atoms with Crippen LogP contribution in [0.3, 0.4) is 0 Å². The Morgan fingerprint density at radius 2 is 2.16 bits per heavy atom. The third-order valence-electron chi connectivity index (χ3n) is 3.19. The fraction of sp³-hybridized carbons (Fsp3) is 0.462. The Hall–Kier alpha value is -1.56. The van der Waals surface area contributed by atoms with Gasteiger partial charge in [-0.25, -0.2) is 0 Å². The summed E-state index contributed by atoms with van der Waals surface area (Å²) >= 11 is 0. The number of carbonyl (C=O) groups is 1. The molecule has 1 saturated heterocycles. The molecule has 6 heteroatoms. The Morgan fingerprint density at radius 3 is 2.74 bits per heavy atom. The maximum atomic E-state index is 12.5. The molecule has 1 atom stereocenters. The van der Waals surface area contributed by atoms with Crippen LogP contribution >= 0.6 is 0 Å². The van der Waals surface area contributed by atoms with Crippen molar-refractivity contribution in [2.24, 2.45) is 5.73 Å². The van der Waals surface area contributed by atoms with Crippen molar-refractivity contribution >= 4 is 5.91 Å². The van der Waals surface area contributed by atoms with Crippen molar-refractivity contribution in [1.29, 1.82) is 0 Å². The summed E-state index contributed by atoms with van der Waals surface area (Å²) in [4.78, 5) is 13.5. The molecule has 1 aromatic carbocycles. The number of nitrogens with two attached hydrogens (primary N) is 1. The van der Waals surface area contributed by atoms with Crippen LogP contribution in [0.2, 0.25) is 0 Å². The first-order valence-electron chi connectivity index (χ1n) is 6.06. The molecule has 0 bridgehead atoms. The van der Waals surface area contributed by atoms with Crippen molar-refractivity contribution < 1.29 is 18.0 Å². The van der Waals surface area contributed by atoms with E-state index >= 15 is 0 Å². The fourth-order valence-electron chi connectivity index (χ4n) is 2.16. The summed E-state index contributed by atoms with van der Waals surface area (Å²) in [5, 5.41) is 0. The third-order valence-corrected chi connectivity index (χ3v) is 3.19. The lowest BCUT2D eigenvalue weighted by Gasteiger charge is -2.16. The zero-order valence-electron chi connectivity index (χ0n) is 10.3. The van der Waals surface area contributed by atoms with Gasteiger partial charge in [-0.3, -0.25) is 4.79 Å². The Kier molecular flexibility index (Phi) is 3.80. The van der Waals surface area contributed by atoms with E-state index in [1.165, 1.54) is 12.1 Å². The number of amides is 1. The minimum atomic E-state index is -4.38. The molecule has 19 heavy (non-hydrogen) atoms. The van der Waals surface area contributed by atoms with Crippen molar-refractivity contribution in [2.45, 2.75) is 25.1 Å². The van der Waals surface area contributed by atoms with Gasteiger partial charge < -0.3 is 10.6 Å². The normalized spacial score (nSPS) is 19.8. The molecule has 1 aliphatic heterocycles. The van der Waals surface area contributed by atoms with Crippen LogP contribution in [0.25, 0.3) is 0 Å². The van der Waals surface area contributed by atoms with Crippen molar-refractivity contribution in [2.75, 3.05) is 13.1 Å². The minimum absolute atomic E-state index is 0.0172. The van der Waals surface area contributed by atoms with Gasteiger partial charge in [-0.1, -0.05) is 18.2 Å². The zero-order valence-corrected chi connectivity index (χ0v) is 10.3. The first kappa shape index (κ1) is 13.9. The minimum Gasteiger partial charge on any atom is -0.341 e. The number of likely N-dealkylation sites (tertiary alicyclic amines) is 1. The number of rotatable bonds is 2. The topological polar surface area (TPSA) is 46.3 Å². The van der Waals surface area contributed by atoms with Crippen LogP contribution in [-0.4, -0.2) is 29.9 Å². The SMILES string of the molecule is N[C@H]1CCN(C(=O)Cc2cccc(C(F)(F)F)c2)C1. The molecule has 2 rings (SSSR count). The van der Waals surface area contributed by atoms with Gasteiger partial charge in [-0.05, 0) is 18.1 Å². The summed E-state index contributed by atoms with van der Waals surface area (Å²) in [6.07, 6.45) is -3.65. The molecular formula is C13H15F3N2O. The van der Waals surface area contributed by atoms with E-state index in [2.05, 4.69) is 0 Å². The van der Waals surface area contributed by atoms with E-state index in [1.807, 2.05) is 0 Å². The van der Waals surface area contributed by atoms with E-state index in [0.29, 0.717) is 18.7 Å². The number of hydrogen-bond acceptors (Lipinski definition) is 2. The molecule has 0 aromatic heterocycles. The number of carbonyl (C=O) groups excluding carboxylic acids is 1. The number of hydrogen-bond donors (Lipinski definition) is 1. The van der Waals surface area contributed by atoms with Crippen LogP contribution in [0.1, 0.15) is 17.5 Å². The number of nitrogens with zero attached hydrogens (tertiary/aromatic N) is 1. The van der Waals surface area contributed by atoms with Crippen LogP contribution in [-0.2, 0) is 17.4 Å². The number of alkyl halides is 3. The summed E-state index contributed by atoms with van der Waals surface area (Å²) in [6, 6.07) is 4.85. The number of halogens is 3. The Bertz CT molecular complexity index is 473. The largest absolute Gasteiger partial charge is 0.416 e. The lowest BCUT2D eigenvalue weighted by Crippen LogP contribution is -2.32. The van der Waals surface area contributed by atoms with Crippen LogP contribution in [0.4, 0.5) is 13.2 Å². The second kappa shape index (κ2) is 5.21. The van der Waals surface area contributed by atoms with E-state index < -0.39 is 11.7 Å². The van der Waals surface area contributed by atoms with Gasteiger partial charge in [0.1, 0.15) is 0 Å². The lowest BCUT2D eigenvalue weighted by atomic mass is 10.1. The number of benzene rings is 1. The highest BCUT2D eigenvalue weighted by Gasteiger charge is 2.30. The van der Waals surface area contributed by atoms with Gasteiger partial charge in [0, 0.05) is 19.1 Å². The molecule has 0 radical (unpaired) electrons. The Balaban J connectivity index is 2.05. The van der Waals surface area contributed by atoms with Crippen molar-refractivity contribution in [3.05, 3.63) is 35.4 Å². The third kappa shape index (κ3) is 3.47. The van der Waals surface area contributed by atoms with Gasteiger partial charge in [0.25, 0.3) is 0 Å². The Morgan fingerprint density at radius 1 is 1.42 bits per heavy atom.